The first-order chi connectivity index (χ1) is 15.9. The van der Waals surface area contributed by atoms with E-state index in [-0.39, 0.29) is 12.1 Å². The van der Waals surface area contributed by atoms with E-state index < -0.39 is 0 Å². The first kappa shape index (κ1) is 24.1. The van der Waals surface area contributed by atoms with Crippen LogP contribution in [0.15, 0.2) is 36.4 Å². The highest BCUT2D eigenvalue weighted by Gasteiger charge is 2.22. The minimum Gasteiger partial charge on any atom is -0.497 e. The molecule has 1 heterocycles. The summed E-state index contributed by atoms with van der Waals surface area (Å²) >= 11 is 0. The van der Waals surface area contributed by atoms with E-state index in [9.17, 15) is 0 Å². The smallest absolute Gasteiger partial charge is 0.220 e. The molecule has 0 saturated heterocycles. The summed E-state index contributed by atoms with van der Waals surface area (Å²) in [6.07, 6.45) is 0.745. The van der Waals surface area contributed by atoms with Crippen LogP contribution in [0.25, 0.3) is 0 Å². The van der Waals surface area contributed by atoms with Gasteiger partial charge in [-0.25, -0.2) is 9.97 Å². The Kier molecular flexibility index (Phi) is 7.95. The molecule has 33 heavy (non-hydrogen) atoms. The van der Waals surface area contributed by atoms with Crippen LogP contribution in [-0.4, -0.2) is 45.5 Å². The Morgan fingerprint density at radius 2 is 1.18 bits per heavy atom. The minimum absolute atomic E-state index is 0.201. The van der Waals surface area contributed by atoms with Crippen LogP contribution in [0.5, 0.6) is 23.0 Å². The van der Waals surface area contributed by atoms with Gasteiger partial charge in [-0.2, -0.15) is 0 Å². The molecule has 0 fully saturated rings. The summed E-state index contributed by atoms with van der Waals surface area (Å²) < 4.78 is 27.5. The Balaban J connectivity index is 2.08. The number of hydrogen-bond acceptors (Lipinski definition) is 8. The average Bonchev–Trinajstić information content (AvgIpc) is 2.83. The molecule has 0 spiro atoms. The van der Waals surface area contributed by atoms with E-state index in [1.165, 1.54) is 0 Å². The SMILES string of the molecule is COc1ccc(Cc2nc(N)nc(Cc3ccc(OC)cc3OC)c2C(C)OC)c(OC)c1. The van der Waals surface area contributed by atoms with E-state index in [2.05, 4.69) is 9.97 Å². The van der Waals surface area contributed by atoms with Crippen LogP contribution >= 0.6 is 0 Å². The van der Waals surface area contributed by atoms with Crippen molar-refractivity contribution in [1.29, 1.82) is 0 Å². The topological polar surface area (TPSA) is 98.0 Å². The summed E-state index contributed by atoms with van der Waals surface area (Å²) in [5, 5.41) is 0. The second kappa shape index (κ2) is 10.9. The Morgan fingerprint density at radius 1 is 0.727 bits per heavy atom. The van der Waals surface area contributed by atoms with Crippen molar-refractivity contribution in [2.24, 2.45) is 0 Å². The zero-order valence-electron chi connectivity index (χ0n) is 20.0. The molecule has 2 N–H and O–H groups in total. The van der Waals surface area contributed by atoms with Crippen LogP contribution in [0.2, 0.25) is 0 Å². The highest BCUT2D eigenvalue weighted by atomic mass is 16.5. The molecule has 0 amide bonds. The van der Waals surface area contributed by atoms with Crippen molar-refractivity contribution < 1.29 is 23.7 Å². The average molecular weight is 454 g/mol. The van der Waals surface area contributed by atoms with Crippen LogP contribution < -0.4 is 24.7 Å². The van der Waals surface area contributed by atoms with Crippen molar-refractivity contribution in [3.05, 3.63) is 64.5 Å². The summed E-state index contributed by atoms with van der Waals surface area (Å²) in [4.78, 5) is 9.15. The van der Waals surface area contributed by atoms with Gasteiger partial charge in [0.15, 0.2) is 0 Å². The molecule has 3 rings (SSSR count). The molecule has 0 saturated carbocycles. The van der Waals surface area contributed by atoms with Crippen LogP contribution in [0, 0.1) is 0 Å². The maximum absolute atomic E-state index is 6.14. The number of ether oxygens (including phenoxy) is 5. The Hall–Kier alpha value is -3.52. The van der Waals surface area contributed by atoms with Crippen molar-refractivity contribution in [3.63, 3.8) is 0 Å². The zero-order chi connectivity index (χ0) is 24.0. The predicted octanol–water partition coefficient (Wildman–Crippen LogP) is 3.98. The van der Waals surface area contributed by atoms with Crippen LogP contribution in [0.4, 0.5) is 5.95 Å². The molecular formula is C25H31N3O5. The Morgan fingerprint density at radius 3 is 1.55 bits per heavy atom. The molecule has 8 nitrogen and oxygen atoms in total. The van der Waals surface area contributed by atoms with Crippen molar-refractivity contribution >= 4 is 5.95 Å². The van der Waals surface area contributed by atoms with E-state index in [1.807, 2.05) is 43.3 Å². The van der Waals surface area contributed by atoms with Crippen LogP contribution in [-0.2, 0) is 17.6 Å². The second-order valence-electron chi connectivity index (χ2n) is 7.48. The van der Waals surface area contributed by atoms with Gasteiger partial charge < -0.3 is 29.4 Å². The number of methoxy groups -OCH3 is 5. The van der Waals surface area contributed by atoms with Gasteiger partial charge in [0, 0.05) is 48.8 Å². The standard InChI is InChI=1S/C25H31N3O5/c1-15(29-2)24-20(11-16-7-9-18(30-3)13-22(16)32-5)27-25(26)28-21(24)12-17-8-10-19(31-4)14-23(17)33-6/h7-10,13-15H,11-12H2,1-6H3,(H2,26,27,28). The highest BCUT2D eigenvalue weighted by molar-refractivity contribution is 5.47. The molecular weight excluding hydrogens is 422 g/mol. The monoisotopic (exact) mass is 453 g/mol. The number of hydrogen-bond donors (Lipinski definition) is 1. The van der Waals surface area contributed by atoms with Crippen molar-refractivity contribution in [3.8, 4) is 23.0 Å². The number of nitrogen functional groups attached to an aromatic ring is 1. The van der Waals surface area contributed by atoms with Gasteiger partial charge in [0.05, 0.1) is 45.9 Å². The summed E-state index contributed by atoms with van der Waals surface area (Å²) in [5.74, 6) is 3.06. The number of anilines is 1. The zero-order valence-corrected chi connectivity index (χ0v) is 20.0. The number of nitrogens with two attached hydrogens (primary N) is 1. The molecule has 8 heteroatoms. The molecule has 1 aromatic heterocycles. The molecule has 0 aliphatic rings. The third-order valence-electron chi connectivity index (χ3n) is 5.59. The van der Waals surface area contributed by atoms with Gasteiger partial charge in [-0.15, -0.1) is 0 Å². The molecule has 0 radical (unpaired) electrons. The van der Waals surface area contributed by atoms with Crippen molar-refractivity contribution in [2.75, 3.05) is 41.3 Å². The summed E-state index contributed by atoms with van der Waals surface area (Å²) in [6.45, 7) is 1.97. The number of aromatic nitrogens is 2. The maximum atomic E-state index is 6.14. The first-order valence-electron chi connectivity index (χ1n) is 10.5. The predicted molar refractivity (Wildman–Crippen MR) is 127 cm³/mol. The van der Waals surface area contributed by atoms with Crippen LogP contribution in [0.3, 0.4) is 0 Å². The quantitative estimate of drug-likeness (QED) is 0.492. The molecule has 2 aromatic carbocycles. The lowest BCUT2D eigenvalue weighted by atomic mass is 9.96. The van der Waals surface area contributed by atoms with E-state index in [1.54, 1.807) is 35.5 Å². The summed E-state index contributed by atoms with van der Waals surface area (Å²) in [6, 6.07) is 11.4. The summed E-state index contributed by atoms with van der Waals surface area (Å²) in [5.41, 5.74) is 10.5. The Bertz CT molecular complexity index is 1020. The second-order valence-corrected chi connectivity index (χ2v) is 7.48. The van der Waals surface area contributed by atoms with Gasteiger partial charge in [-0.05, 0) is 19.1 Å². The fraction of sp³-hybridized carbons (Fsp3) is 0.360. The van der Waals surface area contributed by atoms with Gasteiger partial charge in [-0.1, -0.05) is 12.1 Å². The lowest BCUT2D eigenvalue weighted by molar-refractivity contribution is 0.117. The minimum atomic E-state index is -0.246. The third kappa shape index (κ3) is 5.46. The number of benzene rings is 2. The lowest BCUT2D eigenvalue weighted by Crippen LogP contribution is -2.14. The van der Waals surface area contributed by atoms with E-state index in [0.717, 1.165) is 39.6 Å². The largest absolute Gasteiger partial charge is 0.497 e. The van der Waals surface area contributed by atoms with Crippen LogP contribution in [0.1, 0.15) is 41.1 Å². The maximum Gasteiger partial charge on any atom is 0.220 e. The summed E-state index contributed by atoms with van der Waals surface area (Å²) in [7, 11) is 8.17. The normalized spacial score (nSPS) is 11.7. The molecule has 1 unspecified atom stereocenters. The number of rotatable bonds is 10. The van der Waals surface area contributed by atoms with Gasteiger partial charge >= 0.3 is 0 Å². The fourth-order valence-corrected chi connectivity index (χ4v) is 3.80. The number of nitrogens with zero attached hydrogens (tertiary/aromatic N) is 2. The molecule has 3 aromatic rings. The van der Waals surface area contributed by atoms with Gasteiger partial charge in [0.25, 0.3) is 0 Å². The van der Waals surface area contributed by atoms with E-state index >= 15 is 0 Å². The lowest BCUT2D eigenvalue weighted by Gasteiger charge is -2.20. The van der Waals surface area contributed by atoms with Gasteiger partial charge in [-0.3, -0.25) is 0 Å². The van der Waals surface area contributed by atoms with E-state index in [0.29, 0.717) is 24.3 Å². The van der Waals surface area contributed by atoms with E-state index in [4.69, 9.17) is 29.4 Å². The molecule has 0 aliphatic carbocycles. The van der Waals surface area contributed by atoms with Crippen molar-refractivity contribution in [2.45, 2.75) is 25.9 Å². The molecule has 1 atom stereocenters. The molecule has 0 aliphatic heterocycles. The van der Waals surface area contributed by atoms with Crippen molar-refractivity contribution in [1.82, 2.24) is 9.97 Å². The van der Waals surface area contributed by atoms with Gasteiger partial charge in [0.1, 0.15) is 23.0 Å². The Labute approximate surface area is 194 Å². The fourth-order valence-electron chi connectivity index (χ4n) is 3.80. The van der Waals surface area contributed by atoms with Gasteiger partial charge in [0.2, 0.25) is 5.95 Å². The molecule has 176 valence electrons. The molecule has 0 bridgehead atoms. The third-order valence-corrected chi connectivity index (χ3v) is 5.59. The highest BCUT2D eigenvalue weighted by Crippen LogP contribution is 2.33. The first-order valence-corrected chi connectivity index (χ1v) is 10.5.